The van der Waals surface area contributed by atoms with Crippen molar-refractivity contribution in [2.75, 3.05) is 17.7 Å². The van der Waals surface area contributed by atoms with E-state index in [1.54, 1.807) is 6.92 Å². The summed E-state index contributed by atoms with van der Waals surface area (Å²) in [4.78, 5) is 11.2. The second-order valence-electron chi connectivity index (χ2n) is 3.60. The van der Waals surface area contributed by atoms with E-state index >= 15 is 0 Å². The first-order chi connectivity index (χ1) is 8.25. The van der Waals surface area contributed by atoms with Crippen molar-refractivity contribution in [3.05, 3.63) is 23.3 Å². The number of rotatable bonds is 2. The van der Waals surface area contributed by atoms with Crippen LogP contribution in [-0.4, -0.2) is 12.7 Å². The van der Waals surface area contributed by atoms with Gasteiger partial charge in [0.15, 0.2) is 0 Å². The molecule has 18 heavy (non-hydrogen) atoms. The molecule has 0 saturated carbocycles. The molecule has 0 saturated heterocycles. The molecule has 1 aromatic carbocycles. The van der Waals surface area contributed by atoms with Crippen molar-refractivity contribution in [1.29, 1.82) is 0 Å². The summed E-state index contributed by atoms with van der Waals surface area (Å²) < 4.78 is 42.3. The van der Waals surface area contributed by atoms with Gasteiger partial charge in [-0.25, -0.2) is 4.79 Å². The van der Waals surface area contributed by atoms with Crippen LogP contribution in [0, 0.1) is 6.92 Å². The van der Waals surface area contributed by atoms with Crippen LogP contribution in [0.15, 0.2) is 12.1 Å². The van der Waals surface area contributed by atoms with Crippen molar-refractivity contribution in [1.82, 2.24) is 0 Å². The van der Waals surface area contributed by atoms with Crippen LogP contribution < -0.4 is 11.1 Å². The van der Waals surface area contributed by atoms with Gasteiger partial charge >= 0.3 is 12.3 Å². The summed E-state index contributed by atoms with van der Waals surface area (Å²) in [7, 11) is 0. The minimum absolute atomic E-state index is 0.0797. The summed E-state index contributed by atoms with van der Waals surface area (Å²) in [5.41, 5.74) is 4.93. The van der Waals surface area contributed by atoms with E-state index in [-0.39, 0.29) is 23.5 Å². The molecule has 1 rings (SSSR count). The highest BCUT2D eigenvalue weighted by molar-refractivity contribution is 5.90. The maximum absolute atomic E-state index is 12.6. The summed E-state index contributed by atoms with van der Waals surface area (Å²) in [5, 5.41) is 2.18. The molecule has 0 spiro atoms. The Morgan fingerprint density at radius 1 is 1.44 bits per heavy atom. The highest BCUT2D eigenvalue weighted by Gasteiger charge is 2.31. The number of benzene rings is 1. The third-order valence-corrected chi connectivity index (χ3v) is 2.23. The number of carbonyl (C=O) groups is 1. The average molecular weight is 262 g/mol. The Morgan fingerprint density at radius 2 is 2.06 bits per heavy atom. The Morgan fingerprint density at radius 3 is 2.56 bits per heavy atom. The first-order valence-electron chi connectivity index (χ1n) is 5.16. The van der Waals surface area contributed by atoms with Crippen molar-refractivity contribution in [3.63, 3.8) is 0 Å². The molecule has 0 aliphatic carbocycles. The smallest absolute Gasteiger partial charge is 0.416 e. The van der Waals surface area contributed by atoms with E-state index in [1.165, 1.54) is 6.92 Å². The van der Waals surface area contributed by atoms with E-state index in [0.717, 1.165) is 12.1 Å². The van der Waals surface area contributed by atoms with Crippen LogP contribution in [0.5, 0.6) is 0 Å². The molecule has 0 aromatic heterocycles. The zero-order valence-electron chi connectivity index (χ0n) is 9.89. The van der Waals surface area contributed by atoms with Crippen LogP contribution >= 0.6 is 0 Å². The van der Waals surface area contributed by atoms with Crippen molar-refractivity contribution >= 4 is 17.5 Å². The molecule has 1 aromatic rings. The Balaban J connectivity index is 3.11. The number of carbonyl (C=O) groups excluding carboxylic acids is 1. The Bertz CT molecular complexity index is 458. The van der Waals surface area contributed by atoms with E-state index in [0.29, 0.717) is 0 Å². The number of alkyl halides is 3. The van der Waals surface area contributed by atoms with Gasteiger partial charge in [0.2, 0.25) is 0 Å². The third kappa shape index (κ3) is 3.28. The number of aryl methyl sites for hydroxylation is 1. The summed E-state index contributed by atoms with van der Waals surface area (Å²) in [6.07, 6.45) is -5.34. The van der Waals surface area contributed by atoms with Crippen LogP contribution in [0.4, 0.5) is 29.3 Å². The van der Waals surface area contributed by atoms with Gasteiger partial charge in [0.1, 0.15) is 0 Å². The lowest BCUT2D eigenvalue weighted by atomic mass is 10.1. The predicted molar refractivity (Wildman–Crippen MR) is 61.2 cm³/mol. The van der Waals surface area contributed by atoms with Crippen LogP contribution in [0.1, 0.15) is 18.1 Å². The van der Waals surface area contributed by atoms with Gasteiger partial charge in [-0.2, -0.15) is 13.2 Å². The molecule has 0 unspecified atom stereocenters. The van der Waals surface area contributed by atoms with E-state index in [2.05, 4.69) is 10.1 Å². The summed E-state index contributed by atoms with van der Waals surface area (Å²) in [5.74, 6) is 0. The Hall–Kier alpha value is -1.92. The molecule has 0 radical (unpaired) electrons. The number of amides is 1. The number of nitrogens with one attached hydrogen (secondary N) is 1. The van der Waals surface area contributed by atoms with E-state index in [1.807, 2.05) is 0 Å². The number of hydrogen-bond acceptors (Lipinski definition) is 3. The Kier molecular flexibility index (Phi) is 4.05. The Labute approximate surface area is 102 Å². The molecule has 0 bridgehead atoms. The predicted octanol–water partition coefficient (Wildman–Crippen LogP) is 3.16. The van der Waals surface area contributed by atoms with Gasteiger partial charge in [0.05, 0.1) is 23.5 Å². The quantitative estimate of drug-likeness (QED) is 0.804. The zero-order chi connectivity index (χ0) is 13.9. The van der Waals surface area contributed by atoms with Gasteiger partial charge in [-0.05, 0) is 31.5 Å². The van der Waals surface area contributed by atoms with Crippen LogP contribution in [0.2, 0.25) is 0 Å². The maximum Gasteiger partial charge on any atom is 0.416 e. The largest absolute Gasteiger partial charge is 0.450 e. The average Bonchev–Trinajstić information content (AvgIpc) is 2.23. The number of halogens is 3. The summed E-state index contributed by atoms with van der Waals surface area (Å²) in [6, 6.07) is 1.70. The fourth-order valence-corrected chi connectivity index (χ4v) is 1.34. The number of ether oxygens (including phenoxy) is 1. The lowest BCUT2D eigenvalue weighted by Crippen LogP contribution is -2.16. The van der Waals surface area contributed by atoms with Gasteiger partial charge in [-0.1, -0.05) is 0 Å². The molecule has 1 amide bonds. The molecule has 0 aliphatic rings. The van der Waals surface area contributed by atoms with Crippen molar-refractivity contribution in [3.8, 4) is 0 Å². The number of nitrogens with two attached hydrogens (primary N) is 1. The second-order valence-corrected chi connectivity index (χ2v) is 3.60. The summed E-state index contributed by atoms with van der Waals surface area (Å²) >= 11 is 0. The van der Waals surface area contributed by atoms with Crippen molar-refractivity contribution in [2.24, 2.45) is 0 Å². The number of hydrogen-bond donors (Lipinski definition) is 2. The first-order valence-corrected chi connectivity index (χ1v) is 5.16. The molecule has 4 nitrogen and oxygen atoms in total. The minimum Gasteiger partial charge on any atom is -0.450 e. The SMILES string of the molecule is CCOC(=O)Nc1cc(C(F)(F)F)cc(C)c1N. The molecule has 0 aliphatic heterocycles. The van der Waals surface area contributed by atoms with Gasteiger partial charge in [-0.15, -0.1) is 0 Å². The normalized spacial score (nSPS) is 11.2. The van der Waals surface area contributed by atoms with Gasteiger partial charge < -0.3 is 10.5 Å². The topological polar surface area (TPSA) is 64.3 Å². The standard InChI is InChI=1S/C11H13F3N2O2/c1-3-18-10(17)16-8-5-7(11(12,13)14)4-6(2)9(8)15/h4-5H,3,15H2,1-2H3,(H,16,17). The lowest BCUT2D eigenvalue weighted by Gasteiger charge is -2.14. The molecule has 0 heterocycles. The van der Waals surface area contributed by atoms with E-state index in [9.17, 15) is 18.0 Å². The van der Waals surface area contributed by atoms with Crippen LogP contribution in [0.3, 0.4) is 0 Å². The maximum atomic E-state index is 12.6. The highest BCUT2D eigenvalue weighted by Crippen LogP contribution is 2.35. The molecular formula is C11H13F3N2O2. The van der Waals surface area contributed by atoms with Crippen LogP contribution in [-0.2, 0) is 10.9 Å². The molecule has 100 valence electrons. The fraction of sp³-hybridized carbons (Fsp3) is 0.364. The fourth-order valence-electron chi connectivity index (χ4n) is 1.34. The first kappa shape index (κ1) is 14.1. The van der Waals surface area contributed by atoms with E-state index in [4.69, 9.17) is 5.73 Å². The number of nitrogen functional groups attached to an aromatic ring is 1. The molecule has 7 heteroatoms. The molecule has 0 fully saturated rings. The minimum atomic E-state index is -4.50. The van der Waals surface area contributed by atoms with Crippen molar-refractivity contribution < 1.29 is 22.7 Å². The second kappa shape index (κ2) is 5.16. The number of anilines is 2. The summed E-state index contributed by atoms with van der Waals surface area (Å²) in [6.45, 7) is 3.13. The third-order valence-electron chi connectivity index (χ3n) is 2.23. The van der Waals surface area contributed by atoms with Crippen LogP contribution in [0.25, 0.3) is 0 Å². The van der Waals surface area contributed by atoms with Crippen molar-refractivity contribution in [2.45, 2.75) is 20.0 Å². The van der Waals surface area contributed by atoms with Gasteiger partial charge in [0, 0.05) is 0 Å². The van der Waals surface area contributed by atoms with Gasteiger partial charge in [-0.3, -0.25) is 5.32 Å². The lowest BCUT2D eigenvalue weighted by molar-refractivity contribution is -0.137. The monoisotopic (exact) mass is 262 g/mol. The van der Waals surface area contributed by atoms with E-state index < -0.39 is 17.8 Å². The highest BCUT2D eigenvalue weighted by atomic mass is 19.4. The zero-order valence-corrected chi connectivity index (χ0v) is 9.89. The van der Waals surface area contributed by atoms with Gasteiger partial charge in [0.25, 0.3) is 0 Å². The molecule has 0 atom stereocenters. The molecular weight excluding hydrogens is 249 g/mol. The molecule has 3 N–H and O–H groups in total.